The molecule has 7 amide bonds. The third-order valence-corrected chi connectivity index (χ3v) is 7.75. The predicted octanol–water partition coefficient (Wildman–Crippen LogP) is 0.143. The normalized spacial score (nSPS) is 22.9. The molecule has 2 rings (SSSR count). The van der Waals surface area contributed by atoms with Crippen LogP contribution in [0.1, 0.15) is 89.6 Å². The Kier molecular flexibility index (Phi) is 14.2. The Balaban J connectivity index is 2.48. The maximum Gasteiger partial charge on any atom is 0.251 e. The number of benzene rings is 1. The van der Waals surface area contributed by atoms with Gasteiger partial charge in [0, 0.05) is 31.5 Å². The number of hydrogen-bond acceptors (Lipinski definition) is 7. The van der Waals surface area contributed by atoms with Crippen molar-refractivity contribution in [1.82, 2.24) is 31.9 Å². The molecule has 4 atom stereocenters. The van der Waals surface area contributed by atoms with Crippen LogP contribution in [-0.4, -0.2) is 71.6 Å². The number of amides is 7. The average Bonchev–Trinajstić information content (AvgIpc) is 2.98. The van der Waals surface area contributed by atoms with E-state index in [4.69, 9.17) is 5.73 Å². The number of hydrogen-bond donors (Lipinski definition) is 7. The molecule has 8 N–H and O–H groups in total. The number of nitrogens with two attached hydrogens (primary N) is 1. The summed E-state index contributed by atoms with van der Waals surface area (Å²) in [6.07, 6.45) is 0.381. The van der Waals surface area contributed by atoms with Gasteiger partial charge in [-0.3, -0.25) is 33.6 Å². The summed E-state index contributed by atoms with van der Waals surface area (Å²) < 4.78 is 0. The minimum Gasteiger partial charge on any atom is -0.370 e. The lowest BCUT2D eigenvalue weighted by Gasteiger charge is -2.31. The Morgan fingerprint density at radius 3 is 2.26 bits per heavy atom. The SMILES string of the molecule is CC[C@H](C)[C@@H]1NC(=O)[C@H](CC(C)C)NC(=O)C(C)(C)NC(=O)CCNC(=O)c2cccc(c2)CNC(=O)[C@H](CCC(N)=O)NC1=O. The molecule has 1 aliphatic rings. The van der Waals surface area contributed by atoms with Crippen molar-refractivity contribution in [1.29, 1.82) is 0 Å². The van der Waals surface area contributed by atoms with Crippen LogP contribution >= 0.6 is 0 Å². The molecule has 0 saturated carbocycles. The van der Waals surface area contributed by atoms with Crippen molar-refractivity contribution in [3.63, 3.8) is 0 Å². The first-order chi connectivity index (χ1) is 21.5. The summed E-state index contributed by atoms with van der Waals surface area (Å²) in [5.74, 6) is -4.41. The summed E-state index contributed by atoms with van der Waals surface area (Å²) >= 11 is 0. The van der Waals surface area contributed by atoms with E-state index in [9.17, 15) is 33.6 Å². The molecule has 1 aromatic carbocycles. The van der Waals surface area contributed by atoms with E-state index in [1.165, 1.54) is 13.8 Å². The highest BCUT2D eigenvalue weighted by Crippen LogP contribution is 2.14. The van der Waals surface area contributed by atoms with Crippen LogP contribution in [-0.2, 0) is 35.3 Å². The van der Waals surface area contributed by atoms with Crippen molar-refractivity contribution in [3.8, 4) is 0 Å². The van der Waals surface area contributed by atoms with Gasteiger partial charge in [0.05, 0.1) is 0 Å². The van der Waals surface area contributed by atoms with E-state index in [0.29, 0.717) is 17.5 Å². The highest BCUT2D eigenvalue weighted by Gasteiger charge is 2.36. The molecule has 2 bridgehead atoms. The second kappa shape index (κ2) is 17.3. The first kappa shape index (κ1) is 37.7. The van der Waals surface area contributed by atoms with Crippen LogP contribution in [0.4, 0.5) is 0 Å². The van der Waals surface area contributed by atoms with Crippen molar-refractivity contribution >= 4 is 41.4 Å². The molecule has 254 valence electrons. The molecule has 0 spiro atoms. The Morgan fingerprint density at radius 1 is 0.935 bits per heavy atom. The van der Waals surface area contributed by atoms with Crippen LogP contribution in [0.15, 0.2) is 24.3 Å². The van der Waals surface area contributed by atoms with Crippen molar-refractivity contribution in [3.05, 3.63) is 35.4 Å². The molecule has 0 unspecified atom stereocenters. The van der Waals surface area contributed by atoms with E-state index in [1.807, 2.05) is 20.8 Å². The summed E-state index contributed by atoms with van der Waals surface area (Å²) in [5, 5.41) is 16.2. The molecule has 0 aliphatic carbocycles. The van der Waals surface area contributed by atoms with E-state index in [2.05, 4.69) is 31.9 Å². The highest BCUT2D eigenvalue weighted by atomic mass is 16.2. The van der Waals surface area contributed by atoms with E-state index in [0.717, 1.165) is 0 Å². The van der Waals surface area contributed by atoms with E-state index in [-0.39, 0.29) is 50.6 Å². The van der Waals surface area contributed by atoms with E-state index in [1.54, 1.807) is 31.2 Å². The van der Waals surface area contributed by atoms with Crippen molar-refractivity contribution in [2.75, 3.05) is 6.54 Å². The fourth-order valence-corrected chi connectivity index (χ4v) is 4.81. The van der Waals surface area contributed by atoms with Gasteiger partial charge in [-0.05, 0) is 56.2 Å². The zero-order chi connectivity index (χ0) is 34.6. The summed E-state index contributed by atoms with van der Waals surface area (Å²) in [4.78, 5) is 90.8. The maximum absolute atomic E-state index is 13.6. The first-order valence-corrected chi connectivity index (χ1v) is 15.7. The van der Waals surface area contributed by atoms with Gasteiger partial charge in [-0.1, -0.05) is 46.2 Å². The molecule has 46 heavy (non-hydrogen) atoms. The largest absolute Gasteiger partial charge is 0.370 e. The van der Waals surface area contributed by atoms with Crippen LogP contribution < -0.4 is 37.6 Å². The maximum atomic E-state index is 13.6. The second-order valence-corrected chi connectivity index (χ2v) is 12.7. The van der Waals surface area contributed by atoms with Crippen LogP contribution in [0.25, 0.3) is 0 Å². The van der Waals surface area contributed by atoms with Gasteiger partial charge >= 0.3 is 0 Å². The van der Waals surface area contributed by atoms with Crippen molar-refractivity contribution in [2.24, 2.45) is 17.6 Å². The number of rotatable bonds is 7. The number of carbonyl (C=O) groups excluding carboxylic acids is 7. The molecule has 1 aliphatic heterocycles. The fraction of sp³-hybridized carbons (Fsp3) is 0.594. The lowest BCUT2D eigenvalue weighted by Crippen LogP contribution is -2.61. The minimum absolute atomic E-state index is 0.0000475. The summed E-state index contributed by atoms with van der Waals surface area (Å²) in [6, 6.07) is 3.24. The topological polar surface area (TPSA) is 218 Å². The predicted molar refractivity (Wildman–Crippen MR) is 171 cm³/mol. The number of fused-ring (bicyclic) bond motifs is 2. The Morgan fingerprint density at radius 2 is 1.63 bits per heavy atom. The third kappa shape index (κ3) is 11.8. The molecular formula is C32H49N7O7. The number of carbonyl (C=O) groups is 7. The second-order valence-electron chi connectivity index (χ2n) is 12.7. The van der Waals surface area contributed by atoms with Crippen LogP contribution in [0.5, 0.6) is 0 Å². The quantitative estimate of drug-likeness (QED) is 0.218. The minimum atomic E-state index is -1.41. The van der Waals surface area contributed by atoms with E-state index < -0.39 is 65.0 Å². The molecule has 14 nitrogen and oxygen atoms in total. The number of primary amides is 1. The van der Waals surface area contributed by atoms with Gasteiger partial charge in [0.25, 0.3) is 5.91 Å². The van der Waals surface area contributed by atoms with Gasteiger partial charge in [0.2, 0.25) is 35.4 Å². The van der Waals surface area contributed by atoms with E-state index >= 15 is 0 Å². The van der Waals surface area contributed by atoms with Gasteiger partial charge in [-0.15, -0.1) is 0 Å². The lowest BCUT2D eigenvalue weighted by molar-refractivity contribution is -0.137. The molecular weight excluding hydrogens is 594 g/mol. The Hall–Kier alpha value is -4.49. The van der Waals surface area contributed by atoms with Gasteiger partial charge in [-0.2, -0.15) is 0 Å². The molecule has 14 heteroatoms. The summed E-state index contributed by atoms with van der Waals surface area (Å²) in [6.45, 7) is 10.4. The fourth-order valence-electron chi connectivity index (χ4n) is 4.81. The summed E-state index contributed by atoms with van der Waals surface area (Å²) in [7, 11) is 0. The molecule has 1 heterocycles. The molecule has 1 aromatic rings. The standard InChI is InChI=1S/C32H49N7O7/c1-7-19(4)26-30(45)36-22(11-12-24(33)40)28(43)35-17-20-9-8-10-21(16-20)27(42)34-14-13-25(41)39-32(5,6)31(46)37-23(15-18(2)3)29(44)38-26/h8-10,16,18-19,22-23,26H,7,11-15,17H2,1-6H3,(H2,33,40)(H,34,42)(H,35,43)(H,36,45)(H,37,46)(H,38,44)(H,39,41)/t19-,22-,23-,26-/m0/s1. The van der Waals surface area contributed by atoms with Gasteiger partial charge in [0.15, 0.2) is 0 Å². The van der Waals surface area contributed by atoms with Gasteiger partial charge in [-0.25, -0.2) is 0 Å². The summed E-state index contributed by atoms with van der Waals surface area (Å²) in [5.41, 5.74) is 4.82. The Bertz CT molecular complexity index is 1300. The van der Waals surface area contributed by atoms with Crippen LogP contribution in [0.2, 0.25) is 0 Å². The van der Waals surface area contributed by atoms with Gasteiger partial charge < -0.3 is 37.6 Å². The van der Waals surface area contributed by atoms with Crippen LogP contribution in [0.3, 0.4) is 0 Å². The van der Waals surface area contributed by atoms with Crippen molar-refractivity contribution < 1.29 is 33.6 Å². The lowest BCUT2D eigenvalue weighted by atomic mass is 9.95. The molecule has 0 radical (unpaired) electrons. The monoisotopic (exact) mass is 643 g/mol. The zero-order valence-corrected chi connectivity index (χ0v) is 27.6. The Labute approximate surface area is 270 Å². The number of nitrogens with one attached hydrogen (secondary N) is 6. The van der Waals surface area contributed by atoms with Crippen molar-refractivity contribution in [2.45, 2.75) is 104 Å². The molecule has 0 saturated heterocycles. The van der Waals surface area contributed by atoms with Gasteiger partial charge in [0.1, 0.15) is 23.7 Å². The first-order valence-electron chi connectivity index (χ1n) is 15.7. The molecule has 0 aromatic heterocycles. The molecule has 0 fully saturated rings. The third-order valence-electron chi connectivity index (χ3n) is 7.75. The zero-order valence-electron chi connectivity index (χ0n) is 27.6. The van der Waals surface area contributed by atoms with Crippen LogP contribution in [0, 0.1) is 11.8 Å². The smallest absolute Gasteiger partial charge is 0.251 e. The average molecular weight is 644 g/mol. The highest BCUT2D eigenvalue weighted by molar-refractivity contribution is 5.97.